The van der Waals surface area contributed by atoms with Gasteiger partial charge in [0.05, 0.1) is 36.1 Å². The summed E-state index contributed by atoms with van der Waals surface area (Å²) >= 11 is 7.92. The fourth-order valence-corrected chi connectivity index (χ4v) is 7.18. The molecule has 7 heteroatoms. The first-order chi connectivity index (χ1) is 17.8. The number of rotatable bonds is 8. The molecule has 5 nitrogen and oxygen atoms in total. The number of hydrogen-bond donors (Lipinski definition) is 1. The summed E-state index contributed by atoms with van der Waals surface area (Å²) in [7, 11) is 0. The van der Waals surface area contributed by atoms with Gasteiger partial charge in [-0.3, -0.25) is 14.5 Å². The van der Waals surface area contributed by atoms with Gasteiger partial charge in [-0.05, 0) is 72.4 Å². The van der Waals surface area contributed by atoms with Crippen LogP contribution in [0.15, 0.2) is 52.4 Å². The summed E-state index contributed by atoms with van der Waals surface area (Å²) in [4.78, 5) is 29.5. The van der Waals surface area contributed by atoms with Gasteiger partial charge < -0.3 is 9.84 Å². The molecule has 5 rings (SSSR count). The molecule has 1 aromatic heterocycles. The summed E-state index contributed by atoms with van der Waals surface area (Å²) in [6, 6.07) is 8.98. The highest BCUT2D eigenvalue weighted by molar-refractivity contribution is 7.09. The molecule has 0 bridgehead atoms. The zero-order chi connectivity index (χ0) is 26.3. The highest BCUT2D eigenvalue weighted by atomic mass is 35.5. The maximum Gasteiger partial charge on any atom is 0.234 e. The van der Waals surface area contributed by atoms with E-state index in [1.54, 1.807) is 23.5 Å². The van der Waals surface area contributed by atoms with E-state index in [1.807, 2.05) is 23.6 Å². The number of benzene rings is 1. The van der Waals surface area contributed by atoms with E-state index in [4.69, 9.17) is 16.3 Å². The van der Waals surface area contributed by atoms with Gasteiger partial charge in [0.25, 0.3) is 0 Å². The predicted molar refractivity (Wildman–Crippen MR) is 147 cm³/mol. The summed E-state index contributed by atoms with van der Waals surface area (Å²) in [6.45, 7) is 7.37. The number of aromatic hydroxyl groups is 1. The fourth-order valence-electron chi connectivity index (χ4n) is 6.26. The maximum atomic E-state index is 13.6. The quantitative estimate of drug-likeness (QED) is 0.294. The molecule has 1 N–H and O–H groups in total. The Kier molecular flexibility index (Phi) is 7.62. The fraction of sp³-hybridized carbons (Fsp3) is 0.467. The molecular weight excluding hydrogens is 506 g/mol. The first-order valence-corrected chi connectivity index (χ1v) is 14.4. The molecule has 0 radical (unpaired) electrons. The number of phenols is 1. The topological polar surface area (TPSA) is 66.8 Å². The second-order valence-electron chi connectivity index (χ2n) is 10.6. The number of carbonyl (C=O) groups excluding carboxylic acids is 2. The van der Waals surface area contributed by atoms with Crippen LogP contribution in [-0.2, 0) is 20.9 Å². The normalized spacial score (nSPS) is 25.9. The second-order valence-corrected chi connectivity index (χ2v) is 12.1. The highest BCUT2D eigenvalue weighted by Crippen LogP contribution is 2.51. The van der Waals surface area contributed by atoms with Crippen molar-refractivity contribution in [3.8, 4) is 5.75 Å². The van der Waals surface area contributed by atoms with Crippen molar-refractivity contribution in [1.82, 2.24) is 4.90 Å². The highest BCUT2D eigenvalue weighted by Gasteiger charge is 2.57. The number of nitrogens with zero attached hydrogens (tertiary/aromatic N) is 1. The number of likely N-dealkylation sites (tertiary alicyclic amines) is 1. The minimum atomic E-state index is -0.313. The van der Waals surface area contributed by atoms with Gasteiger partial charge in [-0.25, -0.2) is 0 Å². The van der Waals surface area contributed by atoms with Crippen molar-refractivity contribution in [2.45, 2.75) is 59.1 Å². The molecule has 1 aliphatic carbocycles. The molecule has 2 aliphatic heterocycles. The number of ether oxygens (including phenoxy) is 1. The van der Waals surface area contributed by atoms with E-state index in [0.29, 0.717) is 30.5 Å². The van der Waals surface area contributed by atoms with E-state index in [-0.39, 0.29) is 41.4 Å². The van der Waals surface area contributed by atoms with Gasteiger partial charge in [-0.1, -0.05) is 55.7 Å². The lowest BCUT2D eigenvalue weighted by molar-refractivity contribution is -0.140. The van der Waals surface area contributed by atoms with Crippen LogP contribution in [-0.4, -0.2) is 34.5 Å². The largest absolute Gasteiger partial charge is 0.508 e. The number of amides is 2. The van der Waals surface area contributed by atoms with Gasteiger partial charge in [0.2, 0.25) is 11.8 Å². The molecule has 196 valence electrons. The van der Waals surface area contributed by atoms with Crippen LogP contribution >= 0.6 is 22.9 Å². The van der Waals surface area contributed by atoms with Crippen molar-refractivity contribution >= 4 is 40.8 Å². The van der Waals surface area contributed by atoms with Crippen molar-refractivity contribution in [3.05, 3.63) is 67.9 Å². The Balaban J connectivity index is 1.36. The third-order valence-corrected chi connectivity index (χ3v) is 9.34. The lowest BCUT2D eigenvalue weighted by atomic mass is 9.67. The number of fused-ring (bicyclic) bond motifs is 3. The smallest absolute Gasteiger partial charge is 0.234 e. The third-order valence-electron chi connectivity index (χ3n) is 8.15. The summed E-state index contributed by atoms with van der Waals surface area (Å²) in [5.41, 5.74) is 4.73. The van der Waals surface area contributed by atoms with E-state index < -0.39 is 0 Å². The zero-order valence-electron chi connectivity index (χ0n) is 21.6. The Morgan fingerprint density at radius 2 is 2.05 bits per heavy atom. The molecule has 1 aromatic carbocycles. The van der Waals surface area contributed by atoms with Crippen LogP contribution in [0.3, 0.4) is 0 Å². The second kappa shape index (κ2) is 10.8. The monoisotopic (exact) mass is 539 g/mol. The van der Waals surface area contributed by atoms with Crippen molar-refractivity contribution in [3.63, 3.8) is 0 Å². The molecule has 3 aliphatic rings. The van der Waals surface area contributed by atoms with Crippen LogP contribution in [0.25, 0.3) is 6.08 Å². The first-order valence-electron chi connectivity index (χ1n) is 13.2. The maximum absolute atomic E-state index is 13.6. The van der Waals surface area contributed by atoms with E-state index in [0.717, 1.165) is 29.7 Å². The number of thiophene rings is 1. The molecule has 3 heterocycles. The SMILES string of the molecule is CC/C(=C\c1ccc(O)cc1Cl)CC[C@H]1OC[C@H]2C1=C(C(C)C)C[C@H]1C(=O)N(Cc3cccs3)C(=O)[C@H]12. The molecule has 2 saturated heterocycles. The Hall–Kier alpha value is -2.41. The molecule has 2 aromatic rings. The van der Waals surface area contributed by atoms with Gasteiger partial charge in [0.1, 0.15) is 5.75 Å². The number of halogens is 1. The van der Waals surface area contributed by atoms with E-state index in [9.17, 15) is 14.7 Å². The summed E-state index contributed by atoms with van der Waals surface area (Å²) in [5, 5.41) is 12.2. The number of hydrogen-bond acceptors (Lipinski definition) is 5. The Morgan fingerprint density at radius 1 is 1.24 bits per heavy atom. The van der Waals surface area contributed by atoms with Crippen molar-refractivity contribution < 1.29 is 19.4 Å². The van der Waals surface area contributed by atoms with Crippen LogP contribution in [0.4, 0.5) is 0 Å². The average molecular weight is 540 g/mol. The van der Waals surface area contributed by atoms with Gasteiger partial charge >= 0.3 is 0 Å². The van der Waals surface area contributed by atoms with E-state index >= 15 is 0 Å². The molecule has 0 saturated carbocycles. The van der Waals surface area contributed by atoms with Gasteiger partial charge in [0.15, 0.2) is 0 Å². The van der Waals surface area contributed by atoms with Crippen LogP contribution in [0, 0.1) is 23.7 Å². The van der Waals surface area contributed by atoms with Crippen LogP contribution < -0.4 is 0 Å². The van der Waals surface area contributed by atoms with Crippen molar-refractivity contribution in [2.75, 3.05) is 6.61 Å². The molecule has 2 amide bonds. The Bertz CT molecular complexity index is 1250. The number of imide groups is 1. The third kappa shape index (κ3) is 5.04. The van der Waals surface area contributed by atoms with Crippen LogP contribution in [0.2, 0.25) is 5.02 Å². The minimum absolute atomic E-state index is 0.0217. The summed E-state index contributed by atoms with van der Waals surface area (Å²) in [5.74, 6) is -0.209. The predicted octanol–water partition coefficient (Wildman–Crippen LogP) is 6.85. The molecule has 2 fully saturated rings. The summed E-state index contributed by atoms with van der Waals surface area (Å²) < 4.78 is 6.37. The Labute approximate surface area is 227 Å². The molecule has 0 spiro atoms. The van der Waals surface area contributed by atoms with Crippen molar-refractivity contribution in [2.24, 2.45) is 23.7 Å². The average Bonchev–Trinajstić information content (AvgIpc) is 3.59. The number of carbonyl (C=O) groups is 2. The molecular formula is C30H34ClNO4S. The first kappa shape index (κ1) is 26.2. The minimum Gasteiger partial charge on any atom is -0.508 e. The lowest BCUT2D eigenvalue weighted by Gasteiger charge is -2.33. The standard InChI is InChI=1S/C30H34ClNO4S/c1-4-18(12-19-8-9-20(33)13-25(19)31)7-10-26-27-22(17(2)3)14-23-28(24(27)16-36-26)30(35)32(29(23)34)15-21-6-5-11-37-21/h5-6,8-9,11-13,17,23-24,26,28,33H,4,7,10,14-16H2,1-3H3/b18-12+/t23-,24+,26-,28-/m1/s1. The van der Waals surface area contributed by atoms with Gasteiger partial charge in [-0.15, -0.1) is 11.3 Å². The van der Waals surface area contributed by atoms with E-state index in [2.05, 4.69) is 26.8 Å². The molecule has 4 atom stereocenters. The number of allylic oxidation sites excluding steroid dienone is 2. The molecule has 37 heavy (non-hydrogen) atoms. The van der Waals surface area contributed by atoms with Crippen LogP contribution in [0.1, 0.15) is 56.9 Å². The zero-order valence-corrected chi connectivity index (χ0v) is 23.1. The molecule has 0 unspecified atom stereocenters. The van der Waals surface area contributed by atoms with Crippen LogP contribution in [0.5, 0.6) is 5.75 Å². The number of phenolic OH excluding ortho intramolecular Hbond substituents is 1. The lowest BCUT2D eigenvalue weighted by Crippen LogP contribution is -2.35. The Morgan fingerprint density at radius 3 is 2.73 bits per heavy atom. The van der Waals surface area contributed by atoms with E-state index in [1.165, 1.54) is 21.6 Å². The van der Waals surface area contributed by atoms with Gasteiger partial charge in [-0.2, -0.15) is 0 Å². The summed E-state index contributed by atoms with van der Waals surface area (Å²) in [6.07, 6.45) is 5.28. The van der Waals surface area contributed by atoms with Crippen molar-refractivity contribution in [1.29, 1.82) is 0 Å². The van der Waals surface area contributed by atoms with Gasteiger partial charge in [0, 0.05) is 10.8 Å².